The molecule has 2 aliphatic rings. The fourth-order valence-corrected chi connectivity index (χ4v) is 3.54. The number of hydrogen-bond acceptors (Lipinski definition) is 3. The molecule has 2 saturated carbocycles. The number of benzene rings is 1. The van der Waals surface area contributed by atoms with Crippen LogP contribution >= 0.6 is 0 Å². The van der Waals surface area contributed by atoms with E-state index in [2.05, 4.69) is 5.32 Å². The lowest BCUT2D eigenvalue weighted by molar-refractivity contribution is -0.157. The number of anilines is 1. The second-order valence-corrected chi connectivity index (χ2v) is 7.08. The molecule has 1 amide bonds. The van der Waals surface area contributed by atoms with Gasteiger partial charge in [-0.25, -0.2) is 0 Å². The Kier molecular flexibility index (Phi) is 5.19. The highest BCUT2D eigenvalue weighted by Gasteiger charge is 2.45. The number of carboxylic acids is 1. The number of rotatable bonds is 7. The Morgan fingerprint density at radius 2 is 1.79 bits per heavy atom. The Labute approximate surface area is 142 Å². The first-order chi connectivity index (χ1) is 11.6. The summed E-state index contributed by atoms with van der Waals surface area (Å²) in [6.07, 6.45) is 7.32. The minimum atomic E-state index is -0.858. The summed E-state index contributed by atoms with van der Waals surface area (Å²) in [6.45, 7) is 0.598. The molecule has 2 fully saturated rings. The quantitative estimate of drug-likeness (QED) is 0.798. The van der Waals surface area contributed by atoms with Crippen LogP contribution < -0.4 is 5.32 Å². The third kappa shape index (κ3) is 3.96. The van der Waals surface area contributed by atoms with Crippen LogP contribution in [0.4, 0.5) is 5.69 Å². The first kappa shape index (κ1) is 17.0. The number of hydrogen-bond donors (Lipinski definition) is 2. The summed E-state index contributed by atoms with van der Waals surface area (Å²) < 4.78 is 5.87. The predicted molar refractivity (Wildman–Crippen MR) is 90.7 cm³/mol. The Morgan fingerprint density at radius 3 is 2.33 bits per heavy atom. The molecule has 0 saturated heterocycles. The third-order valence-electron chi connectivity index (χ3n) is 5.29. The summed E-state index contributed by atoms with van der Waals surface area (Å²) in [6, 6.07) is 7.58. The van der Waals surface area contributed by atoms with Crippen LogP contribution in [0.2, 0.25) is 0 Å². The minimum absolute atomic E-state index is 0.0505. The van der Waals surface area contributed by atoms with Gasteiger partial charge in [-0.1, -0.05) is 31.4 Å². The monoisotopic (exact) mass is 331 g/mol. The van der Waals surface area contributed by atoms with Gasteiger partial charge in [-0.15, -0.1) is 0 Å². The molecule has 0 radical (unpaired) electrons. The maximum Gasteiger partial charge on any atom is 0.310 e. The number of aliphatic carboxylic acids is 1. The molecule has 0 aliphatic heterocycles. The van der Waals surface area contributed by atoms with Crippen molar-refractivity contribution in [3.63, 3.8) is 0 Å². The molecule has 1 aromatic carbocycles. The van der Waals surface area contributed by atoms with Crippen LogP contribution in [-0.4, -0.2) is 23.1 Å². The number of carbonyl (C=O) groups excluding carboxylic acids is 1. The van der Waals surface area contributed by atoms with E-state index in [1.807, 2.05) is 24.3 Å². The van der Waals surface area contributed by atoms with Crippen LogP contribution in [0.25, 0.3) is 0 Å². The Morgan fingerprint density at radius 1 is 1.12 bits per heavy atom. The summed E-state index contributed by atoms with van der Waals surface area (Å²) in [5.41, 5.74) is 0.935. The van der Waals surface area contributed by atoms with Gasteiger partial charge in [0, 0.05) is 12.1 Å². The van der Waals surface area contributed by atoms with Gasteiger partial charge in [-0.2, -0.15) is 0 Å². The molecule has 0 heterocycles. The van der Waals surface area contributed by atoms with Gasteiger partial charge in [0.1, 0.15) is 0 Å². The first-order valence-corrected chi connectivity index (χ1v) is 8.81. The van der Waals surface area contributed by atoms with E-state index in [9.17, 15) is 14.7 Å². The van der Waals surface area contributed by atoms with E-state index in [0.29, 0.717) is 31.2 Å². The van der Waals surface area contributed by atoms with Crippen LogP contribution in [0, 0.1) is 5.41 Å². The van der Waals surface area contributed by atoms with Crippen molar-refractivity contribution < 1.29 is 19.4 Å². The van der Waals surface area contributed by atoms with E-state index >= 15 is 0 Å². The van der Waals surface area contributed by atoms with Gasteiger partial charge >= 0.3 is 5.97 Å². The van der Waals surface area contributed by atoms with Crippen molar-refractivity contribution in [1.29, 1.82) is 0 Å². The second kappa shape index (κ2) is 7.34. The van der Waals surface area contributed by atoms with Gasteiger partial charge in [-0.05, 0) is 43.4 Å². The zero-order valence-electron chi connectivity index (χ0n) is 13.9. The lowest BCUT2D eigenvalue weighted by Crippen LogP contribution is -2.41. The molecule has 0 unspecified atom stereocenters. The van der Waals surface area contributed by atoms with Gasteiger partial charge in [0.15, 0.2) is 0 Å². The molecule has 3 rings (SSSR count). The molecule has 0 spiro atoms. The summed E-state index contributed by atoms with van der Waals surface area (Å²) in [4.78, 5) is 23.4. The average molecular weight is 331 g/mol. The van der Waals surface area contributed by atoms with E-state index in [1.54, 1.807) is 0 Å². The molecule has 0 aromatic heterocycles. The average Bonchev–Trinajstić information content (AvgIpc) is 3.03. The van der Waals surface area contributed by atoms with E-state index < -0.39 is 11.4 Å². The van der Waals surface area contributed by atoms with Gasteiger partial charge < -0.3 is 15.2 Å². The van der Waals surface area contributed by atoms with Gasteiger partial charge in [-0.3, -0.25) is 9.59 Å². The largest absolute Gasteiger partial charge is 0.481 e. The minimum Gasteiger partial charge on any atom is -0.481 e. The van der Waals surface area contributed by atoms with Gasteiger partial charge in [0.25, 0.3) is 0 Å². The number of amides is 1. The Hall–Kier alpha value is -1.88. The van der Waals surface area contributed by atoms with Crippen molar-refractivity contribution in [3.05, 3.63) is 29.8 Å². The van der Waals surface area contributed by atoms with Crippen molar-refractivity contribution >= 4 is 17.6 Å². The van der Waals surface area contributed by atoms with Crippen LogP contribution in [0.15, 0.2) is 24.3 Å². The maximum absolute atomic E-state index is 12.1. The van der Waals surface area contributed by atoms with Crippen molar-refractivity contribution in [2.24, 2.45) is 5.41 Å². The normalized spacial score (nSPS) is 19.7. The van der Waals surface area contributed by atoms with Crippen molar-refractivity contribution in [2.75, 3.05) is 5.32 Å². The van der Waals surface area contributed by atoms with Crippen LogP contribution in [0.3, 0.4) is 0 Å². The molecule has 130 valence electrons. The highest BCUT2D eigenvalue weighted by atomic mass is 16.5. The zero-order valence-corrected chi connectivity index (χ0v) is 13.9. The molecular weight excluding hydrogens is 306 g/mol. The molecule has 2 aliphatic carbocycles. The van der Waals surface area contributed by atoms with Gasteiger partial charge in [0.05, 0.1) is 18.1 Å². The molecular formula is C19H25NO4. The van der Waals surface area contributed by atoms with Crippen molar-refractivity contribution in [2.45, 2.75) is 64.1 Å². The summed E-state index contributed by atoms with van der Waals surface area (Å²) in [5.74, 6) is -1.09. The molecule has 2 N–H and O–H groups in total. The lowest BCUT2D eigenvalue weighted by Gasteiger charge is -2.36. The SMILES string of the molecule is O=C(CC1(C(=O)O)CCC1)Nc1ccc(COC2CCCC2)cc1. The number of carbonyl (C=O) groups is 2. The zero-order chi connectivity index (χ0) is 17.0. The highest BCUT2D eigenvalue weighted by Crippen LogP contribution is 2.44. The Bertz CT molecular complexity index is 586. The smallest absolute Gasteiger partial charge is 0.310 e. The first-order valence-electron chi connectivity index (χ1n) is 8.81. The fourth-order valence-electron chi connectivity index (χ4n) is 3.54. The van der Waals surface area contributed by atoms with Crippen LogP contribution in [0.5, 0.6) is 0 Å². The molecule has 0 atom stereocenters. The van der Waals surface area contributed by atoms with E-state index in [1.165, 1.54) is 12.8 Å². The molecule has 24 heavy (non-hydrogen) atoms. The van der Waals surface area contributed by atoms with E-state index in [0.717, 1.165) is 24.8 Å². The highest BCUT2D eigenvalue weighted by molar-refractivity contribution is 5.94. The van der Waals surface area contributed by atoms with Gasteiger partial charge in [0.2, 0.25) is 5.91 Å². The van der Waals surface area contributed by atoms with E-state index in [-0.39, 0.29) is 12.3 Å². The van der Waals surface area contributed by atoms with Crippen LogP contribution in [0.1, 0.15) is 56.9 Å². The number of ether oxygens (including phenoxy) is 1. The molecule has 0 bridgehead atoms. The number of nitrogens with one attached hydrogen (secondary N) is 1. The van der Waals surface area contributed by atoms with Crippen LogP contribution in [-0.2, 0) is 20.9 Å². The predicted octanol–water partition coefficient (Wildman–Crippen LogP) is 3.73. The second-order valence-electron chi connectivity index (χ2n) is 7.08. The lowest BCUT2D eigenvalue weighted by atomic mass is 9.66. The summed E-state index contributed by atoms with van der Waals surface area (Å²) in [7, 11) is 0. The third-order valence-corrected chi connectivity index (χ3v) is 5.29. The fraction of sp³-hybridized carbons (Fsp3) is 0.579. The number of carboxylic acid groups (broad SMARTS) is 1. The van der Waals surface area contributed by atoms with E-state index in [4.69, 9.17) is 4.74 Å². The summed E-state index contributed by atoms with van der Waals surface area (Å²) >= 11 is 0. The maximum atomic E-state index is 12.1. The summed E-state index contributed by atoms with van der Waals surface area (Å²) in [5, 5.41) is 12.1. The molecule has 5 heteroatoms. The topological polar surface area (TPSA) is 75.6 Å². The van der Waals surface area contributed by atoms with Crippen molar-refractivity contribution in [1.82, 2.24) is 0 Å². The molecule has 1 aromatic rings. The Balaban J connectivity index is 1.48. The van der Waals surface area contributed by atoms with Crippen molar-refractivity contribution in [3.8, 4) is 0 Å². The molecule has 5 nitrogen and oxygen atoms in total. The standard InChI is InChI=1S/C19H25NO4/c21-17(12-19(18(22)23)10-3-11-19)20-15-8-6-14(7-9-15)13-24-16-4-1-2-5-16/h6-9,16H,1-5,10-13H2,(H,20,21)(H,22,23).